The molecule has 0 aromatic carbocycles. The van der Waals surface area contributed by atoms with E-state index in [2.05, 4.69) is 0 Å². The molecule has 1 unspecified atom stereocenters. The summed E-state index contributed by atoms with van der Waals surface area (Å²) in [6.07, 6.45) is 6.18. The van der Waals surface area contributed by atoms with E-state index in [1.165, 1.54) is 12.8 Å². The van der Waals surface area contributed by atoms with E-state index in [4.69, 9.17) is 4.74 Å². The third-order valence-electron chi connectivity index (χ3n) is 5.89. The second-order valence-corrected chi connectivity index (χ2v) is 7.46. The van der Waals surface area contributed by atoms with Crippen LogP contribution in [0.5, 0.6) is 0 Å². The Morgan fingerprint density at radius 2 is 1.77 bits per heavy atom. The number of hydrogen-bond acceptors (Lipinski definition) is 3. The highest BCUT2D eigenvalue weighted by molar-refractivity contribution is 5.84. The van der Waals surface area contributed by atoms with Gasteiger partial charge in [0.15, 0.2) is 0 Å². The van der Waals surface area contributed by atoms with E-state index in [1.54, 1.807) is 4.90 Å². The van der Waals surface area contributed by atoms with Crippen molar-refractivity contribution in [2.45, 2.75) is 38.5 Å². The van der Waals surface area contributed by atoms with E-state index in [-0.39, 0.29) is 29.1 Å². The van der Waals surface area contributed by atoms with Gasteiger partial charge in [0, 0.05) is 51.7 Å². The lowest BCUT2D eigenvalue weighted by Crippen LogP contribution is -2.44. The minimum Gasteiger partial charge on any atom is -0.381 e. The van der Waals surface area contributed by atoms with Crippen molar-refractivity contribution in [1.82, 2.24) is 9.80 Å². The number of hydrogen-bond donors (Lipinski definition) is 0. The number of rotatable bonds is 2. The molecule has 2 aliphatic heterocycles. The minimum atomic E-state index is -0.0616. The maximum atomic E-state index is 12.8. The van der Waals surface area contributed by atoms with Gasteiger partial charge in [0.05, 0.1) is 5.92 Å². The number of likely N-dealkylation sites (tertiary alicyclic amines) is 1. The van der Waals surface area contributed by atoms with Crippen molar-refractivity contribution in [3.63, 3.8) is 0 Å². The zero-order valence-corrected chi connectivity index (χ0v) is 13.8. The standard InChI is InChI=1S/C17H28N2O3/c1-18(2)16(21)14-11-19(15(20)13-5-3-4-6-13)12-17(14)7-9-22-10-8-17/h13-14H,3-12H2,1-2H3. The Labute approximate surface area is 133 Å². The van der Waals surface area contributed by atoms with Crippen molar-refractivity contribution in [2.24, 2.45) is 17.3 Å². The number of nitrogens with zero attached hydrogens (tertiary/aromatic N) is 2. The van der Waals surface area contributed by atoms with Crippen LogP contribution in [0.4, 0.5) is 0 Å². The normalized spacial score (nSPS) is 28.3. The fourth-order valence-corrected chi connectivity index (χ4v) is 4.50. The first-order chi connectivity index (χ1) is 10.5. The van der Waals surface area contributed by atoms with Gasteiger partial charge < -0.3 is 14.5 Å². The molecular weight excluding hydrogens is 280 g/mol. The van der Waals surface area contributed by atoms with E-state index in [0.717, 1.165) is 32.2 Å². The molecule has 2 amide bonds. The van der Waals surface area contributed by atoms with Gasteiger partial charge in [-0.1, -0.05) is 12.8 Å². The summed E-state index contributed by atoms with van der Waals surface area (Å²) in [6.45, 7) is 2.77. The Hall–Kier alpha value is -1.10. The van der Waals surface area contributed by atoms with E-state index < -0.39 is 0 Å². The first kappa shape index (κ1) is 15.8. The molecule has 3 aliphatic rings. The summed E-state index contributed by atoms with van der Waals surface area (Å²) in [7, 11) is 3.63. The van der Waals surface area contributed by atoms with Crippen molar-refractivity contribution >= 4 is 11.8 Å². The summed E-state index contributed by atoms with van der Waals surface area (Å²) < 4.78 is 5.51. The predicted octanol–water partition coefficient (Wildman–Crippen LogP) is 1.52. The lowest BCUT2D eigenvalue weighted by atomic mass is 9.71. The molecular formula is C17H28N2O3. The second kappa shape index (κ2) is 6.19. The SMILES string of the molecule is CN(C)C(=O)C1CN(C(=O)C2CCCC2)CC12CCOCC2. The monoisotopic (exact) mass is 308 g/mol. The van der Waals surface area contributed by atoms with Crippen molar-refractivity contribution < 1.29 is 14.3 Å². The first-order valence-electron chi connectivity index (χ1n) is 8.61. The Kier molecular flexibility index (Phi) is 4.44. The van der Waals surface area contributed by atoms with Crippen LogP contribution < -0.4 is 0 Å². The van der Waals surface area contributed by atoms with E-state index in [9.17, 15) is 9.59 Å². The van der Waals surface area contributed by atoms with Crippen molar-refractivity contribution in [3.8, 4) is 0 Å². The average molecular weight is 308 g/mol. The molecule has 5 nitrogen and oxygen atoms in total. The van der Waals surface area contributed by atoms with Gasteiger partial charge in [-0.05, 0) is 25.7 Å². The maximum absolute atomic E-state index is 12.8. The summed E-state index contributed by atoms with van der Waals surface area (Å²) in [5.74, 6) is 0.600. The molecule has 2 saturated heterocycles. The highest BCUT2D eigenvalue weighted by atomic mass is 16.5. The van der Waals surface area contributed by atoms with Crippen LogP contribution >= 0.6 is 0 Å². The summed E-state index contributed by atoms with van der Waals surface area (Å²) in [6, 6.07) is 0. The lowest BCUT2D eigenvalue weighted by molar-refractivity contribution is -0.138. The summed E-state index contributed by atoms with van der Waals surface area (Å²) in [5.41, 5.74) is -0.0616. The Bertz CT molecular complexity index is 437. The molecule has 2 heterocycles. The highest BCUT2D eigenvalue weighted by Gasteiger charge is 2.52. The first-order valence-corrected chi connectivity index (χ1v) is 8.61. The molecule has 1 spiro atoms. The average Bonchev–Trinajstić information content (AvgIpc) is 3.15. The van der Waals surface area contributed by atoms with E-state index in [1.807, 2.05) is 19.0 Å². The molecule has 3 fully saturated rings. The lowest BCUT2D eigenvalue weighted by Gasteiger charge is -2.38. The molecule has 0 aromatic rings. The fourth-order valence-electron chi connectivity index (χ4n) is 4.50. The van der Waals surface area contributed by atoms with Crippen molar-refractivity contribution in [1.29, 1.82) is 0 Å². The number of carbonyl (C=O) groups excluding carboxylic acids is 2. The second-order valence-electron chi connectivity index (χ2n) is 7.46. The summed E-state index contributed by atoms with van der Waals surface area (Å²) in [4.78, 5) is 29.1. The van der Waals surface area contributed by atoms with Crippen LogP contribution in [0.1, 0.15) is 38.5 Å². The Balaban J connectivity index is 1.78. The third-order valence-corrected chi connectivity index (χ3v) is 5.89. The van der Waals surface area contributed by atoms with Gasteiger partial charge >= 0.3 is 0 Å². The molecule has 1 atom stereocenters. The molecule has 0 N–H and O–H groups in total. The van der Waals surface area contributed by atoms with E-state index >= 15 is 0 Å². The van der Waals surface area contributed by atoms with E-state index in [0.29, 0.717) is 19.8 Å². The summed E-state index contributed by atoms with van der Waals surface area (Å²) in [5, 5.41) is 0. The summed E-state index contributed by atoms with van der Waals surface area (Å²) >= 11 is 0. The zero-order chi connectivity index (χ0) is 15.7. The van der Waals surface area contributed by atoms with Crippen LogP contribution in [0.3, 0.4) is 0 Å². The van der Waals surface area contributed by atoms with Gasteiger partial charge in [-0.2, -0.15) is 0 Å². The molecule has 0 bridgehead atoms. The van der Waals surface area contributed by atoms with Crippen molar-refractivity contribution in [2.75, 3.05) is 40.4 Å². The number of carbonyl (C=O) groups is 2. The van der Waals surface area contributed by atoms with Crippen LogP contribution in [-0.2, 0) is 14.3 Å². The molecule has 0 aromatic heterocycles. The molecule has 5 heteroatoms. The van der Waals surface area contributed by atoms with Crippen LogP contribution in [0.15, 0.2) is 0 Å². The zero-order valence-electron chi connectivity index (χ0n) is 13.8. The van der Waals surface area contributed by atoms with Crippen LogP contribution in [-0.4, -0.2) is 62.0 Å². The van der Waals surface area contributed by atoms with Gasteiger partial charge in [0.2, 0.25) is 11.8 Å². The quantitative estimate of drug-likeness (QED) is 0.777. The molecule has 124 valence electrons. The smallest absolute Gasteiger partial charge is 0.227 e. The van der Waals surface area contributed by atoms with Gasteiger partial charge in [-0.3, -0.25) is 9.59 Å². The Morgan fingerprint density at radius 1 is 1.14 bits per heavy atom. The fraction of sp³-hybridized carbons (Fsp3) is 0.882. The topological polar surface area (TPSA) is 49.9 Å². The van der Waals surface area contributed by atoms with Crippen molar-refractivity contribution in [3.05, 3.63) is 0 Å². The van der Waals surface area contributed by atoms with Gasteiger partial charge in [-0.25, -0.2) is 0 Å². The molecule has 1 aliphatic carbocycles. The molecule has 3 rings (SSSR count). The minimum absolute atomic E-state index is 0.0586. The molecule has 0 radical (unpaired) electrons. The number of ether oxygens (including phenoxy) is 1. The van der Waals surface area contributed by atoms with Gasteiger partial charge in [-0.15, -0.1) is 0 Å². The molecule has 1 saturated carbocycles. The van der Waals surface area contributed by atoms with Gasteiger partial charge in [0.25, 0.3) is 0 Å². The Morgan fingerprint density at radius 3 is 2.36 bits per heavy atom. The molecule has 22 heavy (non-hydrogen) atoms. The number of amides is 2. The maximum Gasteiger partial charge on any atom is 0.227 e. The predicted molar refractivity (Wildman–Crippen MR) is 83.2 cm³/mol. The third kappa shape index (κ3) is 2.75. The van der Waals surface area contributed by atoms with Crippen LogP contribution in [0.2, 0.25) is 0 Å². The van der Waals surface area contributed by atoms with Crippen LogP contribution in [0, 0.1) is 17.3 Å². The largest absolute Gasteiger partial charge is 0.381 e. The van der Waals surface area contributed by atoms with Gasteiger partial charge in [0.1, 0.15) is 0 Å². The highest BCUT2D eigenvalue weighted by Crippen LogP contribution is 2.45. The van der Waals surface area contributed by atoms with Crippen LogP contribution in [0.25, 0.3) is 0 Å².